The summed E-state index contributed by atoms with van der Waals surface area (Å²) < 4.78 is 6.34. The Morgan fingerprint density at radius 2 is 1.05 bits per heavy atom. The Kier molecular flexibility index (Phi) is 7.45. The molecular weight excluding hydrogens is 695 g/mol. The molecule has 8 aromatic rings. The summed E-state index contributed by atoms with van der Waals surface area (Å²) in [6, 6.07) is 56.9. The van der Waals surface area contributed by atoms with Crippen molar-refractivity contribution >= 4 is 44.4 Å². The lowest BCUT2D eigenvalue weighted by Crippen LogP contribution is -2.48. The average Bonchev–Trinajstić information content (AvgIpc) is 3.64. The predicted molar refractivity (Wildman–Crippen MR) is 234 cm³/mol. The van der Waals surface area contributed by atoms with Crippen molar-refractivity contribution in [3.8, 4) is 22.3 Å². The third kappa shape index (κ3) is 5.72. The minimum Gasteiger partial charge on any atom is -0.456 e. The summed E-state index contributed by atoms with van der Waals surface area (Å²) in [6.45, 7) is 0. The van der Waals surface area contributed by atoms with E-state index in [0.717, 1.165) is 73.6 Å². The van der Waals surface area contributed by atoms with Crippen LogP contribution in [0.15, 0.2) is 172 Å². The van der Waals surface area contributed by atoms with Crippen molar-refractivity contribution < 1.29 is 4.42 Å². The van der Waals surface area contributed by atoms with Crippen molar-refractivity contribution in [2.75, 3.05) is 0 Å². The molecule has 0 spiro atoms. The molecule has 1 unspecified atom stereocenters. The van der Waals surface area contributed by atoms with Gasteiger partial charge in [0.2, 0.25) is 0 Å². The lowest BCUT2D eigenvalue weighted by atomic mass is 9.48. The van der Waals surface area contributed by atoms with E-state index in [0.29, 0.717) is 5.41 Å². The summed E-state index contributed by atoms with van der Waals surface area (Å²) in [7, 11) is 0. The molecule has 2 heterocycles. The van der Waals surface area contributed by atoms with Crippen LogP contribution in [0, 0.1) is 17.8 Å². The van der Waals surface area contributed by atoms with Crippen molar-refractivity contribution in [2.45, 2.75) is 50.1 Å². The number of para-hydroxylation sites is 1. The van der Waals surface area contributed by atoms with Crippen molar-refractivity contribution in [1.29, 1.82) is 0 Å². The first-order chi connectivity index (χ1) is 28.1. The lowest BCUT2D eigenvalue weighted by Gasteiger charge is -2.57. The van der Waals surface area contributed by atoms with Gasteiger partial charge in [0.15, 0.2) is 6.17 Å². The van der Waals surface area contributed by atoms with Gasteiger partial charge < -0.3 is 9.73 Å². The third-order valence-corrected chi connectivity index (χ3v) is 13.7. The summed E-state index contributed by atoms with van der Waals surface area (Å²) in [5.74, 6) is 4.39. The number of hydrogen-bond donors (Lipinski definition) is 1. The van der Waals surface area contributed by atoms with E-state index in [2.05, 4.69) is 151 Å². The van der Waals surface area contributed by atoms with Crippen LogP contribution >= 0.6 is 0 Å². The van der Waals surface area contributed by atoms with E-state index in [9.17, 15) is 0 Å². The Morgan fingerprint density at radius 1 is 0.456 bits per heavy atom. The van der Waals surface area contributed by atoms with Crippen LogP contribution in [-0.2, 0) is 5.41 Å². The van der Waals surface area contributed by atoms with Gasteiger partial charge in [-0.2, -0.15) is 0 Å². The van der Waals surface area contributed by atoms with Crippen LogP contribution in [-0.4, -0.2) is 11.7 Å². The maximum absolute atomic E-state index is 6.34. The fourth-order valence-corrected chi connectivity index (χ4v) is 11.3. The number of nitrogens with one attached hydrogen (secondary N) is 1. The summed E-state index contributed by atoms with van der Waals surface area (Å²) >= 11 is 0. The highest BCUT2D eigenvalue weighted by Crippen LogP contribution is 2.60. The Bertz CT molecular complexity index is 2880. The zero-order chi connectivity index (χ0) is 37.5. The van der Waals surface area contributed by atoms with E-state index in [-0.39, 0.29) is 0 Å². The number of hydrogen-bond acceptors (Lipinski definition) is 4. The highest BCUT2D eigenvalue weighted by atomic mass is 16.3. The molecule has 1 aliphatic heterocycles. The predicted octanol–water partition coefficient (Wildman–Crippen LogP) is 13.0. The molecule has 57 heavy (non-hydrogen) atoms. The van der Waals surface area contributed by atoms with Gasteiger partial charge in [-0.1, -0.05) is 121 Å². The fraction of sp³-hybridized carbons (Fsp3) is 0.208. The van der Waals surface area contributed by atoms with E-state index in [1.807, 2.05) is 12.1 Å². The van der Waals surface area contributed by atoms with E-state index in [4.69, 9.17) is 14.4 Å². The second-order valence-electron chi connectivity index (χ2n) is 17.3. The maximum atomic E-state index is 6.34. The van der Waals surface area contributed by atoms with Crippen LogP contribution in [0.25, 0.3) is 55.0 Å². The lowest BCUT2D eigenvalue weighted by molar-refractivity contribution is -0.00518. The number of rotatable bonds is 6. The van der Waals surface area contributed by atoms with E-state index < -0.39 is 6.17 Å². The molecule has 4 heteroatoms. The Balaban J connectivity index is 0.921. The molecule has 276 valence electrons. The number of nitrogens with zero attached hydrogens (tertiary/aromatic N) is 2. The highest BCUT2D eigenvalue weighted by Gasteiger charge is 2.51. The number of amidine groups is 2. The molecular formula is C53H43N3O. The Hall–Kier alpha value is -6.26. The summed E-state index contributed by atoms with van der Waals surface area (Å²) in [4.78, 5) is 10.7. The van der Waals surface area contributed by atoms with Gasteiger partial charge in [-0.25, -0.2) is 9.98 Å². The largest absolute Gasteiger partial charge is 0.456 e. The smallest absolute Gasteiger partial charge is 0.169 e. The minimum absolute atomic E-state index is 0.360. The number of benzene rings is 7. The van der Waals surface area contributed by atoms with Crippen LogP contribution in [0.2, 0.25) is 0 Å². The van der Waals surface area contributed by atoms with Gasteiger partial charge in [-0.05, 0) is 142 Å². The number of aliphatic imine (C=N–C) groups is 2. The van der Waals surface area contributed by atoms with Gasteiger partial charge in [0.05, 0.1) is 0 Å². The van der Waals surface area contributed by atoms with Gasteiger partial charge in [-0.3, -0.25) is 0 Å². The van der Waals surface area contributed by atoms with Crippen molar-refractivity contribution in [2.24, 2.45) is 27.7 Å². The first kappa shape index (κ1) is 32.9. The van der Waals surface area contributed by atoms with Crippen LogP contribution in [0.1, 0.15) is 66.9 Å². The first-order valence-electron chi connectivity index (χ1n) is 20.7. The van der Waals surface area contributed by atoms with Crippen molar-refractivity contribution in [3.63, 3.8) is 0 Å². The quantitative estimate of drug-likeness (QED) is 0.185. The standard InChI is InChI=1S/C53H43N3O/c1-2-7-36(8-3-1)40-15-13-37-14-16-41(28-44(37)27-40)39-9-6-10-42(26-39)51-54-50(38-17-20-45(21-18-38)53-30-33-23-34(31-53)25-35(24-33)32-53)55-52(56-51)43-19-22-47-46-11-4-5-12-48(46)57-49(47)29-43/h1-22,26-29,33-35,51H,23-25,30-32H2,(H,54,55,56). The van der Waals surface area contributed by atoms with E-state index in [1.165, 1.54) is 71.6 Å². The van der Waals surface area contributed by atoms with Crippen LogP contribution in [0.3, 0.4) is 0 Å². The molecule has 0 amide bonds. The second-order valence-corrected chi connectivity index (χ2v) is 17.3. The Morgan fingerprint density at radius 3 is 1.81 bits per heavy atom. The van der Waals surface area contributed by atoms with Crippen LogP contribution < -0.4 is 5.32 Å². The molecule has 1 N–H and O–H groups in total. The number of furan rings is 1. The minimum atomic E-state index is -0.421. The SMILES string of the molecule is c1ccc(-c2ccc3ccc(-c4cccc(C5N=C(c6ccc(C78CC9CC(CC(C9)C7)C8)cc6)NC(c6ccc7c(c6)oc6ccccc67)=N5)c4)cc3c2)cc1. The second kappa shape index (κ2) is 12.9. The van der Waals surface area contributed by atoms with Gasteiger partial charge in [0.1, 0.15) is 22.8 Å². The maximum Gasteiger partial charge on any atom is 0.169 e. The first-order valence-corrected chi connectivity index (χ1v) is 20.7. The molecule has 5 aliphatic rings. The average molecular weight is 738 g/mol. The molecule has 4 bridgehead atoms. The molecule has 13 rings (SSSR count). The monoisotopic (exact) mass is 737 g/mol. The molecule has 1 atom stereocenters. The van der Waals surface area contributed by atoms with E-state index in [1.54, 1.807) is 0 Å². The molecule has 4 saturated carbocycles. The Labute approximate surface area is 333 Å². The zero-order valence-corrected chi connectivity index (χ0v) is 31.9. The van der Waals surface area contributed by atoms with Gasteiger partial charge >= 0.3 is 0 Å². The molecule has 7 aromatic carbocycles. The normalized spacial score (nSPS) is 23.8. The van der Waals surface area contributed by atoms with E-state index >= 15 is 0 Å². The van der Waals surface area contributed by atoms with Gasteiger partial charge in [-0.15, -0.1) is 0 Å². The van der Waals surface area contributed by atoms with Crippen LogP contribution in [0.4, 0.5) is 0 Å². The van der Waals surface area contributed by atoms with Crippen molar-refractivity contribution in [3.05, 3.63) is 180 Å². The molecule has 0 saturated heterocycles. The summed E-state index contributed by atoms with van der Waals surface area (Å²) in [6.07, 6.45) is 8.04. The molecule has 4 aliphatic carbocycles. The highest BCUT2D eigenvalue weighted by molar-refractivity contribution is 6.17. The summed E-state index contributed by atoms with van der Waals surface area (Å²) in [5, 5.41) is 8.36. The molecule has 1 aromatic heterocycles. The third-order valence-electron chi connectivity index (χ3n) is 13.7. The van der Waals surface area contributed by atoms with Gasteiger partial charge in [0, 0.05) is 21.9 Å². The fourth-order valence-electron chi connectivity index (χ4n) is 11.3. The topological polar surface area (TPSA) is 49.9 Å². The van der Waals surface area contributed by atoms with Crippen molar-refractivity contribution in [1.82, 2.24) is 5.32 Å². The number of fused-ring (bicyclic) bond motifs is 4. The summed E-state index contributed by atoms with van der Waals surface area (Å²) in [5.41, 5.74) is 11.5. The molecule has 4 nitrogen and oxygen atoms in total. The van der Waals surface area contributed by atoms with Gasteiger partial charge in [0.25, 0.3) is 0 Å². The molecule has 4 fully saturated rings. The van der Waals surface area contributed by atoms with Crippen LogP contribution in [0.5, 0.6) is 0 Å². The zero-order valence-electron chi connectivity index (χ0n) is 31.9. The molecule has 0 radical (unpaired) electrons.